The van der Waals surface area contributed by atoms with E-state index in [4.69, 9.17) is 0 Å². The fourth-order valence-corrected chi connectivity index (χ4v) is 0.543. The van der Waals surface area contributed by atoms with E-state index in [0.717, 1.165) is 0 Å². The smallest absolute Gasteiger partial charge is 1.00 e. The quantitative estimate of drug-likeness (QED) is 0.341. The Kier molecular flexibility index (Phi) is 3.72. The van der Waals surface area contributed by atoms with E-state index in [0.29, 0.717) is 5.92 Å². The van der Waals surface area contributed by atoms with Crippen LogP contribution in [0.5, 0.6) is 0 Å². The van der Waals surface area contributed by atoms with E-state index in [2.05, 4.69) is 31.2 Å². The van der Waals surface area contributed by atoms with Gasteiger partial charge in [-0.05, 0) is 5.92 Å². The summed E-state index contributed by atoms with van der Waals surface area (Å²) < 4.78 is 0. The molecule has 0 amide bonds. The average Bonchev–Trinajstić information content (AvgIpc) is 1.86. The fourth-order valence-electron chi connectivity index (χ4n) is 0.543. The van der Waals surface area contributed by atoms with Gasteiger partial charge in [0, 0.05) is 0 Å². The Morgan fingerprint density at radius 1 is 1.29 bits per heavy atom. The van der Waals surface area contributed by atoms with Gasteiger partial charge >= 0.3 is 29.6 Å². The zero-order chi connectivity index (χ0) is 4.41. The van der Waals surface area contributed by atoms with Gasteiger partial charge in [0.1, 0.15) is 0 Å². The van der Waals surface area contributed by atoms with Gasteiger partial charge in [0.15, 0.2) is 0 Å². The van der Waals surface area contributed by atoms with Crippen molar-refractivity contribution in [1.82, 2.24) is 0 Å². The molecule has 0 nitrogen and oxygen atoms in total. The summed E-state index contributed by atoms with van der Waals surface area (Å²) in [7, 11) is 0. The number of hydrogen-bond donors (Lipinski definition) is 0. The maximum atomic E-state index is 2.17. The number of hydrogen-bond acceptors (Lipinski definition) is 0. The Hall–Kier alpha value is 0.480. The Bertz CT molecular complexity index is 84.7. The molecule has 1 rings (SSSR count). The molecule has 1 heteroatoms. The summed E-state index contributed by atoms with van der Waals surface area (Å²) in [5.41, 5.74) is 0. The van der Waals surface area contributed by atoms with Crippen LogP contribution in [-0.4, -0.2) is 0 Å². The van der Waals surface area contributed by atoms with Crippen molar-refractivity contribution in [3.05, 3.63) is 24.3 Å². The van der Waals surface area contributed by atoms with Crippen molar-refractivity contribution in [1.29, 1.82) is 0 Å². The first kappa shape index (κ1) is 7.48. The Morgan fingerprint density at radius 2 is 1.71 bits per heavy atom. The monoisotopic (exact) mass is 104 g/mol. The van der Waals surface area contributed by atoms with E-state index in [1.807, 2.05) is 0 Å². The molecule has 0 aromatic heterocycles. The van der Waals surface area contributed by atoms with Crippen LogP contribution < -0.4 is 29.6 Å². The van der Waals surface area contributed by atoms with Crippen LogP contribution in [0.2, 0.25) is 0 Å². The van der Waals surface area contributed by atoms with Crippen molar-refractivity contribution in [3.8, 4) is 0 Å². The molecule has 0 aromatic rings. The van der Waals surface area contributed by atoms with Crippen molar-refractivity contribution < 1.29 is 31.0 Å². The van der Waals surface area contributed by atoms with Gasteiger partial charge in [-0.3, -0.25) is 0 Å². The Labute approximate surface area is 68.1 Å². The zero-order valence-corrected chi connectivity index (χ0v) is 6.89. The SMILES string of the molecule is CC1C=CC=C1.[H-].[Na+]. The third-order valence-electron chi connectivity index (χ3n) is 0.940. The van der Waals surface area contributed by atoms with Crippen LogP contribution in [0.3, 0.4) is 0 Å². The van der Waals surface area contributed by atoms with Gasteiger partial charge in [0.25, 0.3) is 0 Å². The molecule has 0 radical (unpaired) electrons. The second-order valence-electron chi connectivity index (χ2n) is 1.63. The molecule has 0 saturated carbocycles. The van der Waals surface area contributed by atoms with Crippen molar-refractivity contribution in [2.75, 3.05) is 0 Å². The van der Waals surface area contributed by atoms with Crippen LogP contribution in [-0.2, 0) is 0 Å². The summed E-state index contributed by atoms with van der Waals surface area (Å²) in [6.07, 6.45) is 8.48. The fraction of sp³-hybridized carbons (Fsp3) is 0.333. The largest absolute Gasteiger partial charge is 1.00 e. The minimum Gasteiger partial charge on any atom is -1.00 e. The van der Waals surface area contributed by atoms with Crippen LogP contribution >= 0.6 is 0 Å². The Morgan fingerprint density at radius 3 is 1.86 bits per heavy atom. The van der Waals surface area contributed by atoms with Gasteiger partial charge in [0.2, 0.25) is 0 Å². The predicted molar refractivity (Wildman–Crippen MR) is 28.6 cm³/mol. The van der Waals surface area contributed by atoms with Gasteiger partial charge in [0.05, 0.1) is 0 Å². The topological polar surface area (TPSA) is 0 Å². The second kappa shape index (κ2) is 3.48. The standard InChI is InChI=1S/C6H8.Na.H/c1-6-4-2-3-5-6;;/h2-6H,1H3;;/q;+1;-1. The average molecular weight is 104 g/mol. The van der Waals surface area contributed by atoms with E-state index >= 15 is 0 Å². The molecule has 0 aromatic carbocycles. The molecule has 0 unspecified atom stereocenters. The first-order chi connectivity index (χ1) is 2.89. The van der Waals surface area contributed by atoms with Crippen molar-refractivity contribution in [3.63, 3.8) is 0 Å². The first-order valence-electron chi connectivity index (χ1n) is 2.24. The molecule has 0 aliphatic heterocycles. The van der Waals surface area contributed by atoms with E-state index < -0.39 is 0 Å². The van der Waals surface area contributed by atoms with E-state index in [9.17, 15) is 0 Å². The maximum absolute atomic E-state index is 2.17. The van der Waals surface area contributed by atoms with Crippen LogP contribution in [0.4, 0.5) is 0 Å². The van der Waals surface area contributed by atoms with Crippen molar-refractivity contribution in [2.45, 2.75) is 6.92 Å². The van der Waals surface area contributed by atoms with Crippen LogP contribution in [0.25, 0.3) is 0 Å². The summed E-state index contributed by atoms with van der Waals surface area (Å²) in [6, 6.07) is 0. The molecule has 0 saturated heterocycles. The third-order valence-corrected chi connectivity index (χ3v) is 0.940. The predicted octanol–water partition coefficient (Wildman–Crippen LogP) is -1.13. The molecule has 1 aliphatic rings. The molecule has 7 heavy (non-hydrogen) atoms. The molecule has 0 fully saturated rings. The summed E-state index contributed by atoms with van der Waals surface area (Å²) in [5, 5.41) is 0. The van der Waals surface area contributed by atoms with Gasteiger partial charge in [-0.25, -0.2) is 0 Å². The molecule has 0 N–H and O–H groups in total. The minimum atomic E-state index is 0. The van der Waals surface area contributed by atoms with Crippen molar-refractivity contribution >= 4 is 0 Å². The zero-order valence-electron chi connectivity index (χ0n) is 5.89. The second-order valence-corrected chi connectivity index (χ2v) is 1.63. The van der Waals surface area contributed by atoms with Crippen LogP contribution in [0.1, 0.15) is 8.35 Å². The van der Waals surface area contributed by atoms with Gasteiger partial charge in [-0.1, -0.05) is 31.2 Å². The molecule has 0 atom stereocenters. The molecule has 0 spiro atoms. The molecule has 0 heterocycles. The summed E-state index contributed by atoms with van der Waals surface area (Å²) in [5.74, 6) is 0.685. The molecular formula is C6H9Na. The number of rotatable bonds is 0. The van der Waals surface area contributed by atoms with Crippen molar-refractivity contribution in [2.24, 2.45) is 5.92 Å². The summed E-state index contributed by atoms with van der Waals surface area (Å²) >= 11 is 0. The number of allylic oxidation sites excluding steroid dienone is 4. The van der Waals surface area contributed by atoms with Crippen LogP contribution in [0.15, 0.2) is 24.3 Å². The maximum Gasteiger partial charge on any atom is 1.00 e. The summed E-state index contributed by atoms with van der Waals surface area (Å²) in [4.78, 5) is 0. The molecule has 34 valence electrons. The normalized spacial score (nSPS) is 17.3. The summed E-state index contributed by atoms with van der Waals surface area (Å²) in [6.45, 7) is 2.17. The molecular weight excluding hydrogens is 95.1 g/mol. The van der Waals surface area contributed by atoms with Gasteiger partial charge in [-0.2, -0.15) is 0 Å². The Balaban J connectivity index is 0. The van der Waals surface area contributed by atoms with Gasteiger partial charge < -0.3 is 1.43 Å². The third kappa shape index (κ3) is 2.32. The van der Waals surface area contributed by atoms with E-state index in [1.165, 1.54) is 0 Å². The molecule has 0 bridgehead atoms. The van der Waals surface area contributed by atoms with E-state index in [-0.39, 0.29) is 31.0 Å². The van der Waals surface area contributed by atoms with Gasteiger partial charge in [-0.15, -0.1) is 0 Å². The van der Waals surface area contributed by atoms with E-state index in [1.54, 1.807) is 0 Å². The molecule has 1 aliphatic carbocycles. The minimum absolute atomic E-state index is 0. The first-order valence-corrected chi connectivity index (χ1v) is 2.24. The van der Waals surface area contributed by atoms with Crippen LogP contribution in [0, 0.1) is 5.92 Å².